The van der Waals surface area contributed by atoms with E-state index in [1.54, 1.807) is 19.9 Å². The minimum absolute atomic E-state index is 0.222. The summed E-state index contributed by atoms with van der Waals surface area (Å²) in [6.07, 6.45) is -1.66. The van der Waals surface area contributed by atoms with Crippen LogP contribution in [0.1, 0.15) is 52.7 Å². The number of aromatic nitrogens is 1. The summed E-state index contributed by atoms with van der Waals surface area (Å²) in [6.45, 7) is 8.14. The number of aryl methyl sites for hydroxylation is 1. The third-order valence-corrected chi connectivity index (χ3v) is 7.69. The van der Waals surface area contributed by atoms with E-state index in [1.807, 2.05) is 73.9 Å². The van der Waals surface area contributed by atoms with Gasteiger partial charge in [-0.2, -0.15) is 0 Å². The number of fused-ring (bicyclic) bond motifs is 5. The van der Waals surface area contributed by atoms with Crippen molar-refractivity contribution in [3.05, 3.63) is 58.3 Å². The molecular weight excluding hydrogens is 524 g/mol. The van der Waals surface area contributed by atoms with Gasteiger partial charge in [-0.1, -0.05) is 31.2 Å². The third kappa shape index (κ3) is 4.88. The molecule has 2 heterocycles. The number of carbonyl (C=O) groups excluding carboxylic acids is 2. The minimum atomic E-state index is -1.07. The highest BCUT2D eigenvalue weighted by atomic mass is 16.6. The van der Waals surface area contributed by atoms with Crippen LogP contribution in [0.5, 0.6) is 11.5 Å². The topological polar surface area (TPSA) is 96.3 Å². The second-order valence-electron chi connectivity index (χ2n) is 11.3. The van der Waals surface area contributed by atoms with E-state index in [-0.39, 0.29) is 11.7 Å². The van der Waals surface area contributed by atoms with Crippen LogP contribution in [-0.4, -0.2) is 53.4 Å². The summed E-state index contributed by atoms with van der Waals surface area (Å²) in [4.78, 5) is 41.0. The van der Waals surface area contributed by atoms with E-state index in [9.17, 15) is 14.4 Å². The summed E-state index contributed by atoms with van der Waals surface area (Å²) in [5.41, 5.74) is 0.330. The highest BCUT2D eigenvalue weighted by Crippen LogP contribution is 2.49. The molecule has 1 aliphatic rings. The monoisotopic (exact) mass is 560 g/mol. The van der Waals surface area contributed by atoms with Gasteiger partial charge < -0.3 is 23.5 Å². The quantitative estimate of drug-likeness (QED) is 0.180. The maximum absolute atomic E-state index is 14.4. The molecule has 0 radical (unpaired) electrons. The Kier molecular flexibility index (Phi) is 7.19. The van der Waals surface area contributed by atoms with Crippen molar-refractivity contribution >= 4 is 44.5 Å². The van der Waals surface area contributed by atoms with Crippen molar-refractivity contribution in [1.29, 1.82) is 0 Å². The van der Waals surface area contributed by atoms with E-state index in [4.69, 9.17) is 18.9 Å². The van der Waals surface area contributed by atoms with E-state index in [1.165, 1.54) is 13.8 Å². The molecule has 0 saturated heterocycles. The van der Waals surface area contributed by atoms with Gasteiger partial charge in [0, 0.05) is 32.3 Å². The number of rotatable bonds is 6. The summed E-state index contributed by atoms with van der Waals surface area (Å²) < 4.78 is 26.5. The number of hydrogen-bond donors (Lipinski definition) is 0. The maximum Gasteiger partial charge on any atom is 0.303 e. The second-order valence-corrected chi connectivity index (χ2v) is 11.3. The Bertz CT molecular complexity index is 1750. The van der Waals surface area contributed by atoms with Crippen LogP contribution in [0.15, 0.2) is 47.3 Å². The van der Waals surface area contributed by atoms with Gasteiger partial charge in [-0.05, 0) is 57.3 Å². The van der Waals surface area contributed by atoms with Crippen LogP contribution in [-0.2, 0) is 26.1 Å². The molecule has 9 heteroatoms. The maximum atomic E-state index is 14.4. The smallest absolute Gasteiger partial charge is 0.303 e. The van der Waals surface area contributed by atoms with Gasteiger partial charge in [-0.3, -0.25) is 19.3 Å². The number of esters is 2. The summed E-state index contributed by atoms with van der Waals surface area (Å²) in [6, 6.07) is 13.4. The molecule has 0 spiro atoms. The first-order chi connectivity index (χ1) is 19.3. The molecule has 216 valence electrons. The highest BCUT2D eigenvalue weighted by molar-refractivity contribution is 6.04. The predicted octanol–water partition coefficient (Wildman–Crippen LogP) is 5.23. The van der Waals surface area contributed by atoms with Gasteiger partial charge in [0.15, 0.2) is 18.4 Å². The van der Waals surface area contributed by atoms with Crippen LogP contribution in [0.4, 0.5) is 0 Å². The number of carbonyl (C=O) groups is 2. The number of hydrogen-bond acceptors (Lipinski definition) is 8. The fraction of sp³-hybridized carbons (Fsp3) is 0.406. The third-order valence-electron chi connectivity index (χ3n) is 7.69. The minimum Gasteiger partial charge on any atom is -0.483 e. The lowest BCUT2D eigenvalue weighted by atomic mass is 9.86. The van der Waals surface area contributed by atoms with Crippen molar-refractivity contribution in [2.45, 2.75) is 65.1 Å². The van der Waals surface area contributed by atoms with Crippen molar-refractivity contribution in [2.75, 3.05) is 14.1 Å². The predicted molar refractivity (Wildman–Crippen MR) is 157 cm³/mol. The molecule has 0 amide bonds. The molecule has 3 atom stereocenters. The van der Waals surface area contributed by atoms with E-state index >= 15 is 0 Å². The first-order valence-electron chi connectivity index (χ1n) is 13.7. The van der Waals surface area contributed by atoms with Crippen molar-refractivity contribution in [1.82, 2.24) is 9.47 Å². The average molecular weight is 561 g/mol. The zero-order valence-corrected chi connectivity index (χ0v) is 24.7. The number of nitrogens with zero attached hydrogens (tertiary/aromatic N) is 2. The first-order valence-corrected chi connectivity index (χ1v) is 13.7. The average Bonchev–Trinajstić information content (AvgIpc) is 2.90. The summed E-state index contributed by atoms with van der Waals surface area (Å²) in [5.74, 6) is -0.354. The van der Waals surface area contributed by atoms with Crippen LogP contribution < -0.4 is 14.9 Å². The molecule has 1 aromatic heterocycles. The summed E-state index contributed by atoms with van der Waals surface area (Å²) >= 11 is 0. The molecule has 41 heavy (non-hydrogen) atoms. The van der Waals surface area contributed by atoms with Gasteiger partial charge in [-0.25, -0.2) is 0 Å². The van der Waals surface area contributed by atoms with E-state index in [2.05, 4.69) is 0 Å². The van der Waals surface area contributed by atoms with Crippen molar-refractivity contribution in [2.24, 2.45) is 7.05 Å². The van der Waals surface area contributed by atoms with Crippen molar-refractivity contribution in [3.8, 4) is 11.5 Å². The Morgan fingerprint density at radius 1 is 1.05 bits per heavy atom. The summed E-state index contributed by atoms with van der Waals surface area (Å²) in [5, 5.41) is 2.77. The molecule has 0 bridgehead atoms. The van der Waals surface area contributed by atoms with Crippen LogP contribution in [0.3, 0.4) is 0 Å². The zero-order valence-electron chi connectivity index (χ0n) is 24.7. The Morgan fingerprint density at radius 2 is 1.68 bits per heavy atom. The highest BCUT2D eigenvalue weighted by Gasteiger charge is 2.50. The lowest BCUT2D eigenvalue weighted by molar-refractivity contribution is -0.187. The Labute approximate surface area is 238 Å². The Balaban J connectivity index is 1.95. The molecule has 3 aromatic carbocycles. The van der Waals surface area contributed by atoms with Crippen LogP contribution in [0.2, 0.25) is 0 Å². The van der Waals surface area contributed by atoms with Gasteiger partial charge in [0.05, 0.1) is 22.0 Å². The normalized spacial score (nSPS) is 18.7. The SMILES string of the molecule is CCC(Oc1cc2c(c3c1c(=O)c1cc4ccccc4cc1n3C)C(OC(C)=O)C(OC(C)=O)C(C)(C)O2)N(C)C. The fourth-order valence-corrected chi connectivity index (χ4v) is 5.84. The van der Waals surface area contributed by atoms with Crippen molar-refractivity contribution < 1.29 is 28.5 Å². The van der Waals surface area contributed by atoms with Gasteiger partial charge in [0.1, 0.15) is 17.1 Å². The largest absolute Gasteiger partial charge is 0.483 e. The number of ether oxygens (including phenoxy) is 4. The molecule has 0 N–H and O–H groups in total. The molecule has 0 fully saturated rings. The van der Waals surface area contributed by atoms with E-state index < -0.39 is 29.7 Å². The van der Waals surface area contributed by atoms with Gasteiger partial charge in [-0.15, -0.1) is 0 Å². The van der Waals surface area contributed by atoms with Crippen LogP contribution in [0, 0.1) is 0 Å². The van der Waals surface area contributed by atoms with Crippen molar-refractivity contribution in [3.63, 3.8) is 0 Å². The fourth-order valence-electron chi connectivity index (χ4n) is 5.84. The van der Waals surface area contributed by atoms with Gasteiger partial charge >= 0.3 is 11.9 Å². The first kappa shape index (κ1) is 28.4. The molecule has 1 aliphatic heterocycles. The standard InChI is InChI=1S/C32H36N2O7/c1-9-25(33(6)7)40-23-16-24-27(30(38-17(2)35)31(39-18(3)36)32(4,5)41-24)28-26(23)29(37)21-14-19-12-10-11-13-20(19)15-22(21)34(28)8/h10-16,25,30-31H,9H2,1-8H3. The molecule has 9 nitrogen and oxygen atoms in total. The second kappa shape index (κ2) is 10.4. The van der Waals surface area contributed by atoms with Crippen LogP contribution in [0.25, 0.3) is 32.6 Å². The molecule has 3 unspecified atom stereocenters. The van der Waals surface area contributed by atoms with E-state index in [0.29, 0.717) is 45.3 Å². The molecular formula is C32H36N2O7. The lowest BCUT2D eigenvalue weighted by Gasteiger charge is -2.43. The van der Waals surface area contributed by atoms with Crippen LogP contribution >= 0.6 is 0 Å². The zero-order chi connectivity index (χ0) is 29.8. The molecule has 4 aromatic rings. The Hall–Kier alpha value is -4.11. The molecule has 0 aliphatic carbocycles. The molecule has 5 rings (SSSR count). The Morgan fingerprint density at radius 3 is 2.27 bits per heavy atom. The molecule has 0 saturated carbocycles. The van der Waals surface area contributed by atoms with Gasteiger partial charge in [0.25, 0.3) is 0 Å². The summed E-state index contributed by atoms with van der Waals surface area (Å²) in [7, 11) is 5.68. The number of pyridine rings is 1. The van der Waals surface area contributed by atoms with Gasteiger partial charge in [0.2, 0.25) is 5.43 Å². The number of benzene rings is 3. The van der Waals surface area contributed by atoms with E-state index in [0.717, 1.165) is 10.8 Å². The lowest BCUT2D eigenvalue weighted by Crippen LogP contribution is -2.52.